The second kappa shape index (κ2) is 12.4. The lowest BCUT2D eigenvalue weighted by Crippen LogP contribution is -2.51. The third-order valence-corrected chi connectivity index (χ3v) is 6.27. The van der Waals surface area contributed by atoms with Crippen molar-refractivity contribution in [3.05, 3.63) is 24.2 Å². The Bertz CT molecular complexity index is 902. The van der Waals surface area contributed by atoms with E-state index in [0.29, 0.717) is 50.8 Å². The van der Waals surface area contributed by atoms with E-state index >= 15 is 0 Å². The number of carbonyl (C=O) groups is 5. The van der Waals surface area contributed by atoms with Crippen LogP contribution >= 0.6 is 0 Å². The molecule has 0 saturated carbocycles. The second-order valence-electron chi connectivity index (χ2n) is 9.48. The highest BCUT2D eigenvalue weighted by atomic mass is 16.5. The SMILES string of the molecule is CC(C)C[C@H](NC(=O)OC[C@@H]1CCC(=O)N1Cc1ccco1)C(=O)N[C@H](C=O)C[C@@H]1CCNC1=O. The number of likely N-dealkylation sites (tertiary alicyclic amines) is 1. The van der Waals surface area contributed by atoms with Gasteiger partial charge in [-0.2, -0.15) is 0 Å². The predicted octanol–water partition coefficient (Wildman–Crippen LogP) is 1.12. The number of furan rings is 1. The van der Waals surface area contributed by atoms with Crippen molar-refractivity contribution in [3.8, 4) is 0 Å². The predicted molar refractivity (Wildman–Crippen MR) is 124 cm³/mol. The molecule has 3 heterocycles. The molecule has 1 aromatic rings. The summed E-state index contributed by atoms with van der Waals surface area (Å²) in [5.74, 6) is -0.283. The normalized spacial score (nSPS) is 21.5. The quantitative estimate of drug-likeness (QED) is 0.372. The van der Waals surface area contributed by atoms with Crippen molar-refractivity contribution in [3.63, 3.8) is 0 Å². The molecule has 0 spiro atoms. The molecule has 2 aliphatic rings. The minimum atomic E-state index is -0.910. The summed E-state index contributed by atoms with van der Waals surface area (Å²) in [5, 5.41) is 7.94. The molecule has 2 saturated heterocycles. The maximum atomic E-state index is 12.9. The molecule has 0 radical (unpaired) electrons. The van der Waals surface area contributed by atoms with Gasteiger partial charge in [0.15, 0.2) is 0 Å². The van der Waals surface area contributed by atoms with Gasteiger partial charge in [0, 0.05) is 18.9 Å². The van der Waals surface area contributed by atoms with E-state index in [9.17, 15) is 24.0 Å². The van der Waals surface area contributed by atoms with Gasteiger partial charge in [0.2, 0.25) is 17.7 Å². The van der Waals surface area contributed by atoms with Gasteiger partial charge in [0.1, 0.15) is 24.7 Å². The summed E-state index contributed by atoms with van der Waals surface area (Å²) in [5.41, 5.74) is 0. The number of hydrogen-bond acceptors (Lipinski definition) is 7. The number of carbonyl (C=O) groups excluding carboxylic acids is 5. The van der Waals surface area contributed by atoms with Crippen LogP contribution in [0.3, 0.4) is 0 Å². The van der Waals surface area contributed by atoms with Crippen LogP contribution in [0.2, 0.25) is 0 Å². The van der Waals surface area contributed by atoms with Crippen molar-refractivity contribution < 1.29 is 33.1 Å². The molecule has 3 rings (SSSR count). The molecular formula is C24H34N4O7. The molecule has 35 heavy (non-hydrogen) atoms. The van der Waals surface area contributed by atoms with Crippen molar-refractivity contribution in [1.29, 1.82) is 0 Å². The number of nitrogens with zero attached hydrogens (tertiary/aromatic N) is 1. The maximum Gasteiger partial charge on any atom is 0.407 e. The van der Waals surface area contributed by atoms with E-state index in [2.05, 4.69) is 16.0 Å². The van der Waals surface area contributed by atoms with Crippen LogP contribution in [0.15, 0.2) is 22.8 Å². The zero-order chi connectivity index (χ0) is 25.4. The first kappa shape index (κ1) is 26.2. The van der Waals surface area contributed by atoms with Crippen LogP contribution in [-0.4, -0.2) is 66.3 Å². The fourth-order valence-corrected chi connectivity index (χ4v) is 4.42. The zero-order valence-electron chi connectivity index (χ0n) is 20.2. The molecule has 1 aromatic heterocycles. The number of amides is 4. The van der Waals surface area contributed by atoms with Gasteiger partial charge >= 0.3 is 6.09 Å². The fraction of sp³-hybridized carbons (Fsp3) is 0.625. The highest BCUT2D eigenvalue weighted by molar-refractivity contribution is 5.88. The van der Waals surface area contributed by atoms with Crippen LogP contribution in [0.1, 0.15) is 51.7 Å². The Morgan fingerprint density at radius 3 is 2.71 bits per heavy atom. The summed E-state index contributed by atoms with van der Waals surface area (Å²) >= 11 is 0. The van der Waals surface area contributed by atoms with Crippen molar-refractivity contribution in [2.24, 2.45) is 11.8 Å². The number of alkyl carbamates (subject to hydrolysis) is 1. The maximum absolute atomic E-state index is 12.9. The van der Waals surface area contributed by atoms with Gasteiger partial charge in [-0.1, -0.05) is 13.8 Å². The second-order valence-corrected chi connectivity index (χ2v) is 9.48. The van der Waals surface area contributed by atoms with Crippen LogP contribution in [0.4, 0.5) is 4.79 Å². The lowest BCUT2D eigenvalue weighted by molar-refractivity contribution is -0.130. The average Bonchev–Trinajstić information content (AvgIpc) is 3.55. The first-order valence-corrected chi connectivity index (χ1v) is 12.0. The molecule has 3 N–H and O–H groups in total. The van der Waals surface area contributed by atoms with Crippen molar-refractivity contribution >= 4 is 30.1 Å². The molecular weight excluding hydrogens is 456 g/mol. The number of hydrogen-bond donors (Lipinski definition) is 3. The summed E-state index contributed by atoms with van der Waals surface area (Å²) < 4.78 is 10.7. The fourth-order valence-electron chi connectivity index (χ4n) is 4.42. The number of nitrogens with one attached hydrogen (secondary N) is 3. The topological polar surface area (TPSA) is 147 Å². The molecule has 11 heteroatoms. The molecule has 4 atom stereocenters. The van der Waals surface area contributed by atoms with E-state index in [0.717, 1.165) is 0 Å². The molecule has 11 nitrogen and oxygen atoms in total. The van der Waals surface area contributed by atoms with Crippen LogP contribution in [-0.2, 0) is 30.5 Å². The van der Waals surface area contributed by atoms with Crippen molar-refractivity contribution in [2.75, 3.05) is 13.2 Å². The summed E-state index contributed by atoms with van der Waals surface area (Å²) in [7, 11) is 0. The van der Waals surface area contributed by atoms with Gasteiger partial charge in [-0.15, -0.1) is 0 Å². The molecule has 4 amide bonds. The Labute approximate surface area is 204 Å². The van der Waals surface area contributed by atoms with Crippen LogP contribution in [0.25, 0.3) is 0 Å². The number of ether oxygens (including phenoxy) is 1. The van der Waals surface area contributed by atoms with Gasteiger partial charge in [-0.25, -0.2) is 4.79 Å². The lowest BCUT2D eigenvalue weighted by atomic mass is 9.98. The van der Waals surface area contributed by atoms with Gasteiger partial charge < -0.3 is 34.8 Å². The standard InChI is InChI=1S/C24H34N4O7/c1-15(2)10-20(23(32)26-17(13-29)11-16-7-8-25-22(16)31)27-24(33)35-14-18-5-6-21(30)28(18)12-19-4-3-9-34-19/h3-4,9,13,15-18,20H,5-8,10-12,14H2,1-2H3,(H,25,31)(H,26,32)(H,27,33)/t16-,17-,18-,20-/m0/s1. The summed E-state index contributed by atoms with van der Waals surface area (Å²) in [6, 6.07) is 1.49. The van der Waals surface area contributed by atoms with E-state index in [1.54, 1.807) is 17.0 Å². The van der Waals surface area contributed by atoms with Crippen LogP contribution in [0, 0.1) is 11.8 Å². The van der Waals surface area contributed by atoms with Gasteiger partial charge in [0.25, 0.3) is 0 Å². The Kier molecular flexibility index (Phi) is 9.27. The smallest absolute Gasteiger partial charge is 0.407 e. The third-order valence-electron chi connectivity index (χ3n) is 6.27. The van der Waals surface area contributed by atoms with Crippen LogP contribution < -0.4 is 16.0 Å². The molecule has 0 aliphatic carbocycles. The first-order chi connectivity index (χ1) is 16.8. The van der Waals surface area contributed by atoms with E-state index in [1.807, 2.05) is 13.8 Å². The highest BCUT2D eigenvalue weighted by Crippen LogP contribution is 2.22. The Balaban J connectivity index is 1.52. The average molecular weight is 491 g/mol. The number of rotatable bonds is 12. The Hall–Kier alpha value is -3.37. The summed E-state index contributed by atoms with van der Waals surface area (Å²) in [4.78, 5) is 62.6. The molecule has 2 fully saturated rings. The number of aldehydes is 1. The van der Waals surface area contributed by atoms with E-state index in [4.69, 9.17) is 9.15 Å². The third kappa shape index (κ3) is 7.56. The highest BCUT2D eigenvalue weighted by Gasteiger charge is 2.33. The molecule has 0 unspecified atom stereocenters. The van der Waals surface area contributed by atoms with Gasteiger partial charge in [-0.3, -0.25) is 14.4 Å². The molecule has 0 bridgehead atoms. The minimum Gasteiger partial charge on any atom is -0.467 e. The largest absolute Gasteiger partial charge is 0.467 e. The van der Waals surface area contributed by atoms with E-state index in [1.165, 1.54) is 6.26 Å². The Morgan fingerprint density at radius 2 is 2.09 bits per heavy atom. The molecule has 0 aromatic carbocycles. The molecule has 192 valence electrons. The first-order valence-electron chi connectivity index (χ1n) is 12.0. The van der Waals surface area contributed by atoms with Crippen molar-refractivity contribution in [1.82, 2.24) is 20.9 Å². The van der Waals surface area contributed by atoms with Crippen molar-refractivity contribution in [2.45, 2.75) is 70.6 Å². The minimum absolute atomic E-state index is 0.0119. The summed E-state index contributed by atoms with van der Waals surface area (Å²) in [6.07, 6.45) is 3.44. The van der Waals surface area contributed by atoms with E-state index in [-0.39, 0.29) is 42.7 Å². The molecule has 2 aliphatic heterocycles. The van der Waals surface area contributed by atoms with Gasteiger partial charge in [-0.05, 0) is 43.7 Å². The Morgan fingerprint density at radius 1 is 1.29 bits per heavy atom. The lowest BCUT2D eigenvalue weighted by Gasteiger charge is -2.25. The zero-order valence-corrected chi connectivity index (χ0v) is 20.2. The summed E-state index contributed by atoms with van der Waals surface area (Å²) in [6.45, 7) is 4.65. The monoisotopic (exact) mass is 490 g/mol. The van der Waals surface area contributed by atoms with Gasteiger partial charge in [0.05, 0.1) is 24.9 Å². The van der Waals surface area contributed by atoms with Crippen LogP contribution in [0.5, 0.6) is 0 Å². The van der Waals surface area contributed by atoms with E-state index < -0.39 is 24.1 Å².